The second-order valence-electron chi connectivity index (χ2n) is 7.79. The Morgan fingerprint density at radius 1 is 1.17 bits per heavy atom. The number of ether oxygens (including phenoxy) is 1. The molecule has 1 aromatic carbocycles. The molecular weight excluding hydrogens is 386 g/mol. The number of carbonyl (C=O) groups excluding carboxylic acids is 2. The Morgan fingerprint density at radius 3 is 2.60 bits per heavy atom. The van der Waals surface area contributed by atoms with E-state index in [0.717, 1.165) is 36.3 Å². The molecule has 1 atom stereocenters. The van der Waals surface area contributed by atoms with E-state index in [1.54, 1.807) is 6.08 Å². The van der Waals surface area contributed by atoms with Crippen LogP contribution in [0, 0.1) is 11.8 Å². The lowest BCUT2D eigenvalue weighted by Crippen LogP contribution is -2.52. The van der Waals surface area contributed by atoms with Gasteiger partial charge in [-0.25, -0.2) is 14.6 Å². The molecule has 1 aliphatic heterocycles. The lowest BCUT2D eigenvalue weighted by Gasteiger charge is -2.35. The van der Waals surface area contributed by atoms with Crippen LogP contribution in [0.4, 0.5) is 9.59 Å². The molecule has 1 aliphatic carbocycles. The zero-order valence-corrected chi connectivity index (χ0v) is 17.0. The van der Waals surface area contributed by atoms with Crippen LogP contribution in [0.1, 0.15) is 44.1 Å². The van der Waals surface area contributed by atoms with E-state index in [4.69, 9.17) is 4.74 Å². The lowest BCUT2D eigenvalue weighted by molar-refractivity contribution is -0.148. The topological polar surface area (TPSA) is 99.2 Å². The number of alkyl carbamates (subject to hydrolysis) is 1. The third kappa shape index (κ3) is 5.98. The molecule has 1 saturated carbocycles. The highest BCUT2D eigenvalue weighted by Crippen LogP contribution is 2.31. The van der Waals surface area contributed by atoms with Gasteiger partial charge >= 0.3 is 12.2 Å². The number of amides is 3. The third-order valence-corrected chi connectivity index (χ3v) is 5.61. The molecule has 3 amide bonds. The number of carbonyl (C=O) groups is 3. The van der Waals surface area contributed by atoms with Crippen LogP contribution in [0.25, 0.3) is 0 Å². The van der Waals surface area contributed by atoms with Crippen molar-refractivity contribution < 1.29 is 24.2 Å². The number of carboxylic acid groups (broad SMARTS) is 1. The van der Waals surface area contributed by atoms with E-state index in [1.807, 2.05) is 30.3 Å². The third-order valence-electron chi connectivity index (χ3n) is 5.61. The van der Waals surface area contributed by atoms with Gasteiger partial charge in [-0.05, 0) is 24.3 Å². The highest BCUT2D eigenvalue weighted by atomic mass is 16.5. The first-order chi connectivity index (χ1) is 14.5. The minimum Gasteiger partial charge on any atom is -0.463 e. The van der Waals surface area contributed by atoms with Gasteiger partial charge in [0.1, 0.15) is 6.61 Å². The Morgan fingerprint density at radius 2 is 1.90 bits per heavy atom. The Labute approximate surface area is 176 Å². The van der Waals surface area contributed by atoms with E-state index < -0.39 is 18.1 Å². The van der Waals surface area contributed by atoms with Gasteiger partial charge in [0.25, 0.3) is 0 Å². The van der Waals surface area contributed by atoms with Crippen molar-refractivity contribution in [3.63, 3.8) is 0 Å². The molecule has 3 rings (SSSR count). The van der Waals surface area contributed by atoms with Crippen molar-refractivity contribution in [3.8, 4) is 0 Å². The molecule has 0 unspecified atom stereocenters. The molecule has 2 N–H and O–H groups in total. The normalized spacial score (nSPS) is 17.6. The molecule has 8 nitrogen and oxygen atoms in total. The molecule has 30 heavy (non-hydrogen) atoms. The minimum absolute atomic E-state index is 0.122. The molecule has 0 spiro atoms. The Balaban J connectivity index is 1.60. The van der Waals surface area contributed by atoms with Crippen molar-refractivity contribution in [2.75, 3.05) is 13.1 Å². The Kier molecular flexibility index (Phi) is 7.70. The predicted molar refractivity (Wildman–Crippen MR) is 110 cm³/mol. The maximum Gasteiger partial charge on any atom is 0.430 e. The summed E-state index contributed by atoms with van der Waals surface area (Å²) in [7, 11) is 0. The molecule has 162 valence electrons. The summed E-state index contributed by atoms with van der Waals surface area (Å²) >= 11 is 0. The first-order valence-electron chi connectivity index (χ1n) is 10.5. The molecule has 0 aromatic heterocycles. The van der Waals surface area contributed by atoms with Crippen molar-refractivity contribution >= 4 is 18.1 Å². The van der Waals surface area contributed by atoms with Crippen molar-refractivity contribution in [2.24, 2.45) is 11.8 Å². The molecule has 0 radical (unpaired) electrons. The SMILES string of the molecule is O=C(NC[C@@H](CC1CCCC1)C(=O)N1CCC=CN1C(=O)O)OCc1ccccc1. The van der Waals surface area contributed by atoms with Crippen LogP contribution < -0.4 is 5.32 Å². The van der Waals surface area contributed by atoms with Crippen molar-refractivity contribution in [3.05, 3.63) is 48.2 Å². The van der Waals surface area contributed by atoms with Gasteiger partial charge in [-0.15, -0.1) is 0 Å². The highest BCUT2D eigenvalue weighted by Gasteiger charge is 2.33. The fraction of sp³-hybridized carbons (Fsp3) is 0.500. The van der Waals surface area contributed by atoms with Crippen molar-refractivity contribution in [1.29, 1.82) is 0 Å². The van der Waals surface area contributed by atoms with Gasteiger partial charge in [0.15, 0.2) is 0 Å². The standard InChI is InChI=1S/C22H29N3O5/c26-20(24-12-6-7-13-25(24)22(28)29)19(14-17-8-4-5-9-17)15-23-21(27)30-16-18-10-2-1-3-11-18/h1-3,7,10-11,13,17,19H,4-6,8-9,12,14-16H2,(H,23,27)(H,28,29)/t19-/m1/s1. The summed E-state index contributed by atoms with van der Waals surface area (Å²) in [5.74, 6) is -0.359. The molecule has 2 aliphatic rings. The van der Waals surface area contributed by atoms with Crippen LogP contribution in [0.5, 0.6) is 0 Å². The number of hydrogen-bond donors (Lipinski definition) is 2. The quantitative estimate of drug-likeness (QED) is 0.707. The summed E-state index contributed by atoms with van der Waals surface area (Å²) in [6.45, 7) is 0.579. The highest BCUT2D eigenvalue weighted by molar-refractivity contribution is 5.82. The zero-order chi connectivity index (χ0) is 21.3. The van der Waals surface area contributed by atoms with Crippen LogP contribution >= 0.6 is 0 Å². The van der Waals surface area contributed by atoms with E-state index in [9.17, 15) is 19.5 Å². The van der Waals surface area contributed by atoms with E-state index in [1.165, 1.54) is 11.2 Å². The molecule has 1 fully saturated rings. The van der Waals surface area contributed by atoms with E-state index in [2.05, 4.69) is 5.32 Å². The first-order valence-corrected chi connectivity index (χ1v) is 10.5. The van der Waals surface area contributed by atoms with Crippen molar-refractivity contribution in [1.82, 2.24) is 15.3 Å². The minimum atomic E-state index is -1.20. The number of rotatable bonds is 7. The maximum atomic E-state index is 13.2. The van der Waals surface area contributed by atoms with Crippen LogP contribution in [0.2, 0.25) is 0 Å². The Hall–Kier alpha value is -3.03. The molecule has 1 aromatic rings. The van der Waals surface area contributed by atoms with E-state index in [0.29, 0.717) is 25.3 Å². The lowest BCUT2D eigenvalue weighted by atomic mass is 9.92. The van der Waals surface area contributed by atoms with Crippen LogP contribution in [-0.4, -0.2) is 46.3 Å². The van der Waals surface area contributed by atoms with Crippen LogP contribution in [0.15, 0.2) is 42.6 Å². The second kappa shape index (κ2) is 10.7. The number of hydrazine groups is 1. The largest absolute Gasteiger partial charge is 0.463 e. The fourth-order valence-electron chi connectivity index (χ4n) is 4.05. The van der Waals surface area contributed by atoms with Crippen molar-refractivity contribution in [2.45, 2.75) is 45.1 Å². The smallest absolute Gasteiger partial charge is 0.430 e. The van der Waals surface area contributed by atoms with Gasteiger partial charge in [-0.1, -0.05) is 62.1 Å². The number of nitrogens with one attached hydrogen (secondary N) is 1. The zero-order valence-electron chi connectivity index (χ0n) is 17.0. The van der Waals surface area contributed by atoms with Gasteiger partial charge in [-0.3, -0.25) is 4.79 Å². The maximum absolute atomic E-state index is 13.2. The molecule has 0 saturated heterocycles. The van der Waals surface area contributed by atoms with Gasteiger partial charge in [0.05, 0.1) is 5.92 Å². The van der Waals surface area contributed by atoms with Gasteiger partial charge in [0, 0.05) is 19.3 Å². The molecule has 8 heteroatoms. The molecule has 1 heterocycles. The summed E-state index contributed by atoms with van der Waals surface area (Å²) in [5, 5.41) is 14.3. The first kappa shape index (κ1) is 21.7. The van der Waals surface area contributed by atoms with Crippen LogP contribution in [0.3, 0.4) is 0 Å². The molecule has 0 bridgehead atoms. The van der Waals surface area contributed by atoms with Gasteiger partial charge < -0.3 is 15.2 Å². The summed E-state index contributed by atoms with van der Waals surface area (Å²) in [4.78, 5) is 36.9. The number of benzene rings is 1. The van der Waals surface area contributed by atoms with Gasteiger partial charge in [0.2, 0.25) is 5.91 Å². The van der Waals surface area contributed by atoms with Crippen LogP contribution in [-0.2, 0) is 16.1 Å². The average molecular weight is 415 g/mol. The number of nitrogens with zero attached hydrogens (tertiary/aromatic N) is 2. The van der Waals surface area contributed by atoms with E-state index >= 15 is 0 Å². The monoisotopic (exact) mass is 415 g/mol. The van der Waals surface area contributed by atoms with Gasteiger partial charge in [-0.2, -0.15) is 5.01 Å². The summed E-state index contributed by atoms with van der Waals surface area (Å²) < 4.78 is 5.24. The number of hydrogen-bond acceptors (Lipinski definition) is 4. The predicted octanol–water partition coefficient (Wildman–Crippen LogP) is 3.75. The second-order valence-corrected chi connectivity index (χ2v) is 7.79. The molecular formula is C22H29N3O5. The fourth-order valence-corrected chi connectivity index (χ4v) is 4.05. The van der Waals surface area contributed by atoms with E-state index in [-0.39, 0.29) is 19.1 Å². The summed E-state index contributed by atoms with van der Waals surface area (Å²) in [5.41, 5.74) is 0.878. The average Bonchev–Trinajstić information content (AvgIpc) is 3.28. The summed E-state index contributed by atoms with van der Waals surface area (Å²) in [6, 6.07) is 9.36. The Bertz CT molecular complexity index is 761. The summed E-state index contributed by atoms with van der Waals surface area (Å²) in [6.07, 6.45) is 6.98.